The molecule has 1 aromatic carbocycles. The number of hydrogen-bond donors (Lipinski definition) is 2. The third-order valence-electron chi connectivity index (χ3n) is 3.86. The summed E-state index contributed by atoms with van der Waals surface area (Å²) in [5.74, 6) is 0.280. The van der Waals surface area contributed by atoms with Gasteiger partial charge in [-0.15, -0.1) is 0 Å². The van der Waals surface area contributed by atoms with E-state index in [0.29, 0.717) is 16.3 Å². The van der Waals surface area contributed by atoms with Crippen LogP contribution in [0.15, 0.2) is 12.1 Å². The minimum Gasteiger partial charge on any atom is -0.399 e. The Hall–Kier alpha value is -1.42. The van der Waals surface area contributed by atoms with Crippen LogP contribution in [0, 0.1) is 5.92 Å². The highest BCUT2D eigenvalue weighted by molar-refractivity contribution is 6.34. The molecule has 4 N–H and O–H groups in total. The number of carbonyl (C=O) groups excluding carboxylic acids is 1. The standard InChI is InChI=1S/C14H20ClN3O/c1-2-9-3-5-18(6-4-9)13-11(14(17)19)7-10(16)8-12(13)15/h7-9H,2-6,16H2,1H3,(H2,17,19). The summed E-state index contributed by atoms with van der Waals surface area (Å²) in [6.45, 7) is 4.02. The first-order valence-corrected chi connectivity index (χ1v) is 7.04. The van der Waals surface area contributed by atoms with Gasteiger partial charge < -0.3 is 16.4 Å². The monoisotopic (exact) mass is 281 g/mol. The van der Waals surface area contributed by atoms with E-state index in [0.717, 1.165) is 37.5 Å². The predicted molar refractivity (Wildman–Crippen MR) is 79.6 cm³/mol. The number of nitrogens with zero attached hydrogens (tertiary/aromatic N) is 1. The largest absolute Gasteiger partial charge is 0.399 e. The van der Waals surface area contributed by atoms with Gasteiger partial charge in [0.25, 0.3) is 5.91 Å². The maximum absolute atomic E-state index is 11.6. The van der Waals surface area contributed by atoms with Crippen LogP contribution in [0.25, 0.3) is 0 Å². The van der Waals surface area contributed by atoms with Gasteiger partial charge in [-0.05, 0) is 30.9 Å². The molecule has 1 heterocycles. The number of benzene rings is 1. The first-order valence-electron chi connectivity index (χ1n) is 6.66. The number of nitrogen functional groups attached to an aromatic ring is 1. The van der Waals surface area contributed by atoms with Gasteiger partial charge in [0, 0.05) is 18.8 Å². The molecule has 0 bridgehead atoms. The lowest BCUT2D eigenvalue weighted by atomic mass is 9.93. The van der Waals surface area contributed by atoms with Crippen LogP contribution in [-0.4, -0.2) is 19.0 Å². The van der Waals surface area contributed by atoms with E-state index in [1.807, 2.05) is 0 Å². The highest BCUT2D eigenvalue weighted by Crippen LogP contribution is 2.35. The van der Waals surface area contributed by atoms with E-state index in [4.69, 9.17) is 23.1 Å². The van der Waals surface area contributed by atoms with Crippen molar-refractivity contribution in [3.63, 3.8) is 0 Å². The molecule has 0 atom stereocenters. The van der Waals surface area contributed by atoms with Crippen LogP contribution in [-0.2, 0) is 0 Å². The van der Waals surface area contributed by atoms with Crippen LogP contribution in [0.3, 0.4) is 0 Å². The SMILES string of the molecule is CCC1CCN(c2c(Cl)cc(N)cc2C(N)=O)CC1. The summed E-state index contributed by atoms with van der Waals surface area (Å²) >= 11 is 6.25. The smallest absolute Gasteiger partial charge is 0.250 e. The highest BCUT2D eigenvalue weighted by Gasteiger charge is 2.23. The van der Waals surface area contributed by atoms with Crippen LogP contribution in [0.2, 0.25) is 5.02 Å². The van der Waals surface area contributed by atoms with Gasteiger partial charge in [-0.1, -0.05) is 24.9 Å². The van der Waals surface area contributed by atoms with Crippen molar-refractivity contribution in [2.45, 2.75) is 26.2 Å². The number of amides is 1. The molecular weight excluding hydrogens is 262 g/mol. The molecule has 0 radical (unpaired) electrons. The van der Waals surface area contributed by atoms with Gasteiger partial charge in [-0.2, -0.15) is 0 Å². The molecular formula is C14H20ClN3O. The van der Waals surface area contributed by atoms with Crippen LogP contribution in [0.1, 0.15) is 36.5 Å². The second kappa shape index (κ2) is 5.70. The molecule has 5 heteroatoms. The fourth-order valence-corrected chi connectivity index (χ4v) is 3.04. The third kappa shape index (κ3) is 2.95. The minimum atomic E-state index is -0.484. The van der Waals surface area contributed by atoms with Crippen molar-refractivity contribution in [1.82, 2.24) is 0 Å². The number of primary amides is 1. The Labute approximate surface area is 118 Å². The van der Waals surface area contributed by atoms with Crippen LogP contribution in [0.5, 0.6) is 0 Å². The number of hydrogen-bond acceptors (Lipinski definition) is 3. The molecule has 0 saturated carbocycles. The molecule has 1 aromatic rings. The lowest BCUT2D eigenvalue weighted by molar-refractivity contribution is 0.100. The van der Waals surface area contributed by atoms with Crippen LogP contribution >= 0.6 is 11.6 Å². The number of rotatable bonds is 3. The Kier molecular flexibility index (Phi) is 4.20. The predicted octanol–water partition coefficient (Wildman–Crippen LogP) is 2.65. The number of carbonyl (C=O) groups is 1. The zero-order valence-electron chi connectivity index (χ0n) is 11.2. The van der Waals surface area contributed by atoms with Crippen molar-refractivity contribution in [1.29, 1.82) is 0 Å². The Bertz CT molecular complexity index is 482. The number of nitrogens with two attached hydrogens (primary N) is 2. The summed E-state index contributed by atoms with van der Waals surface area (Å²) in [7, 11) is 0. The molecule has 1 amide bonds. The normalized spacial score (nSPS) is 16.6. The zero-order chi connectivity index (χ0) is 14.0. The summed E-state index contributed by atoms with van der Waals surface area (Å²) in [5, 5.41) is 0.503. The molecule has 4 nitrogen and oxygen atoms in total. The molecule has 2 rings (SSSR count). The van der Waals surface area contributed by atoms with Gasteiger partial charge in [-0.25, -0.2) is 0 Å². The number of halogens is 1. The number of anilines is 2. The van der Waals surface area contributed by atoms with Gasteiger partial charge in [0.05, 0.1) is 16.3 Å². The quantitative estimate of drug-likeness (QED) is 0.837. The second-order valence-electron chi connectivity index (χ2n) is 5.10. The maximum Gasteiger partial charge on any atom is 0.250 e. The van der Waals surface area contributed by atoms with Crippen molar-refractivity contribution in [3.05, 3.63) is 22.7 Å². The van der Waals surface area contributed by atoms with Crippen LogP contribution < -0.4 is 16.4 Å². The van der Waals surface area contributed by atoms with Gasteiger partial charge in [0.2, 0.25) is 0 Å². The molecule has 1 aliphatic rings. The highest BCUT2D eigenvalue weighted by atomic mass is 35.5. The molecule has 1 aliphatic heterocycles. The van der Waals surface area contributed by atoms with E-state index in [1.54, 1.807) is 12.1 Å². The van der Waals surface area contributed by atoms with Crippen molar-refractivity contribution in [2.24, 2.45) is 11.7 Å². The molecule has 0 unspecified atom stereocenters. The topological polar surface area (TPSA) is 72.3 Å². The average molecular weight is 282 g/mol. The third-order valence-corrected chi connectivity index (χ3v) is 4.15. The first kappa shape index (κ1) is 14.0. The molecule has 0 spiro atoms. The molecule has 0 aromatic heterocycles. The molecule has 1 saturated heterocycles. The summed E-state index contributed by atoms with van der Waals surface area (Å²) in [6.07, 6.45) is 3.44. The second-order valence-corrected chi connectivity index (χ2v) is 5.51. The van der Waals surface area contributed by atoms with Gasteiger partial charge in [0.1, 0.15) is 0 Å². The first-order chi connectivity index (χ1) is 9.02. The molecule has 0 aliphatic carbocycles. The fourth-order valence-electron chi connectivity index (χ4n) is 2.69. The van der Waals surface area contributed by atoms with Gasteiger partial charge in [-0.3, -0.25) is 4.79 Å². The summed E-state index contributed by atoms with van der Waals surface area (Å²) < 4.78 is 0. The number of piperidine rings is 1. The summed E-state index contributed by atoms with van der Waals surface area (Å²) in [6, 6.07) is 3.28. The van der Waals surface area contributed by atoms with Crippen LogP contribution in [0.4, 0.5) is 11.4 Å². The van der Waals surface area contributed by atoms with E-state index >= 15 is 0 Å². The lowest BCUT2D eigenvalue weighted by Crippen LogP contribution is -2.35. The van der Waals surface area contributed by atoms with Crippen molar-refractivity contribution in [2.75, 3.05) is 23.7 Å². The maximum atomic E-state index is 11.6. The van der Waals surface area contributed by atoms with E-state index in [1.165, 1.54) is 6.42 Å². The van der Waals surface area contributed by atoms with Crippen molar-refractivity contribution < 1.29 is 4.79 Å². The molecule has 104 valence electrons. The van der Waals surface area contributed by atoms with E-state index in [2.05, 4.69) is 11.8 Å². The van der Waals surface area contributed by atoms with Gasteiger partial charge >= 0.3 is 0 Å². The van der Waals surface area contributed by atoms with Crippen molar-refractivity contribution in [3.8, 4) is 0 Å². The van der Waals surface area contributed by atoms with E-state index in [-0.39, 0.29) is 0 Å². The minimum absolute atomic E-state index is 0.417. The van der Waals surface area contributed by atoms with E-state index in [9.17, 15) is 4.79 Å². The zero-order valence-corrected chi connectivity index (χ0v) is 11.9. The average Bonchev–Trinajstić information content (AvgIpc) is 2.38. The van der Waals surface area contributed by atoms with Gasteiger partial charge in [0.15, 0.2) is 0 Å². The van der Waals surface area contributed by atoms with Crippen molar-refractivity contribution >= 4 is 28.9 Å². The summed E-state index contributed by atoms with van der Waals surface area (Å²) in [4.78, 5) is 13.7. The Morgan fingerprint density at radius 1 is 1.42 bits per heavy atom. The Morgan fingerprint density at radius 3 is 2.58 bits per heavy atom. The lowest BCUT2D eigenvalue weighted by Gasteiger charge is -2.34. The summed E-state index contributed by atoms with van der Waals surface area (Å²) in [5.41, 5.74) is 12.8. The molecule has 19 heavy (non-hydrogen) atoms. The van der Waals surface area contributed by atoms with E-state index < -0.39 is 5.91 Å². The Morgan fingerprint density at radius 2 is 2.05 bits per heavy atom. The fraction of sp³-hybridized carbons (Fsp3) is 0.500. The Balaban J connectivity index is 2.32. The molecule has 1 fully saturated rings.